The van der Waals surface area contributed by atoms with Crippen LogP contribution in [0.5, 0.6) is 0 Å². The molecule has 0 saturated heterocycles. The van der Waals surface area contributed by atoms with Crippen LogP contribution in [0.15, 0.2) is 0 Å². The summed E-state index contributed by atoms with van der Waals surface area (Å²) >= 11 is 0. The maximum Gasteiger partial charge on any atom is 0.0700 e. The van der Waals surface area contributed by atoms with E-state index in [2.05, 4.69) is 13.8 Å². The van der Waals surface area contributed by atoms with E-state index in [1.165, 1.54) is 103 Å². The molecule has 0 saturated carbocycles. The van der Waals surface area contributed by atoms with Gasteiger partial charge in [0.2, 0.25) is 0 Å². The average molecular weight is 342 g/mol. The van der Waals surface area contributed by atoms with Crippen LogP contribution in [-0.4, -0.2) is 26.4 Å². The fraction of sp³-hybridized carbons (Fsp3) is 0.955. The summed E-state index contributed by atoms with van der Waals surface area (Å²) < 4.78 is 10.6. The molecule has 0 spiro atoms. The van der Waals surface area contributed by atoms with Gasteiger partial charge in [-0.05, 0) is 13.3 Å². The van der Waals surface area contributed by atoms with Crippen molar-refractivity contribution in [3.8, 4) is 0 Å². The number of hydrogen-bond donors (Lipinski definition) is 0. The highest BCUT2D eigenvalue weighted by molar-refractivity contribution is 4.50. The van der Waals surface area contributed by atoms with Crippen molar-refractivity contribution in [1.29, 1.82) is 0 Å². The summed E-state index contributed by atoms with van der Waals surface area (Å²) in [5.41, 5.74) is 0. The maximum atomic E-state index is 5.50. The van der Waals surface area contributed by atoms with E-state index in [9.17, 15) is 0 Å². The zero-order valence-corrected chi connectivity index (χ0v) is 16.7. The Balaban J connectivity index is 2.93. The summed E-state index contributed by atoms with van der Waals surface area (Å²) in [5, 5.41) is 0. The Morgan fingerprint density at radius 2 is 0.833 bits per heavy atom. The van der Waals surface area contributed by atoms with Gasteiger partial charge in [-0.1, -0.05) is 103 Å². The molecule has 1 radical (unpaired) electrons. The molecule has 0 aliphatic rings. The maximum absolute atomic E-state index is 5.50. The Labute approximate surface area is 153 Å². The highest BCUT2D eigenvalue weighted by atomic mass is 16.5. The minimum absolute atomic E-state index is 0.544. The lowest BCUT2D eigenvalue weighted by atomic mass is 10.0. The summed E-state index contributed by atoms with van der Waals surface area (Å²) in [7, 11) is 0. The minimum Gasteiger partial charge on any atom is -0.379 e. The molecule has 0 aromatic heterocycles. The van der Waals surface area contributed by atoms with Gasteiger partial charge in [-0.15, -0.1) is 0 Å². The summed E-state index contributed by atoms with van der Waals surface area (Å²) in [6.45, 7) is 8.75. The molecule has 0 fully saturated rings. The van der Waals surface area contributed by atoms with E-state index >= 15 is 0 Å². The predicted molar refractivity (Wildman–Crippen MR) is 107 cm³/mol. The third kappa shape index (κ3) is 21.9. The number of hydrogen-bond acceptors (Lipinski definition) is 2. The van der Waals surface area contributed by atoms with Crippen LogP contribution in [0.25, 0.3) is 0 Å². The second kappa shape index (κ2) is 22.9. The molecule has 0 heterocycles. The summed E-state index contributed by atoms with van der Waals surface area (Å²) in [5.74, 6) is 0. The van der Waals surface area contributed by atoms with Crippen LogP contribution in [0.1, 0.15) is 110 Å². The molecule has 2 heteroatoms. The lowest BCUT2D eigenvalue weighted by Gasteiger charge is -2.05. The van der Waals surface area contributed by atoms with Gasteiger partial charge < -0.3 is 9.47 Å². The third-order valence-electron chi connectivity index (χ3n) is 4.66. The molecule has 0 aliphatic carbocycles. The molecule has 0 atom stereocenters. The Bertz CT molecular complexity index is 184. The molecule has 0 bridgehead atoms. The van der Waals surface area contributed by atoms with E-state index in [-0.39, 0.29) is 0 Å². The minimum atomic E-state index is 0.544. The molecule has 145 valence electrons. The van der Waals surface area contributed by atoms with Gasteiger partial charge in [0, 0.05) is 13.2 Å². The average Bonchev–Trinajstić information content (AvgIpc) is 2.60. The fourth-order valence-electron chi connectivity index (χ4n) is 3.07. The topological polar surface area (TPSA) is 18.5 Å². The lowest BCUT2D eigenvalue weighted by molar-refractivity contribution is 0.0561. The molecule has 2 nitrogen and oxygen atoms in total. The van der Waals surface area contributed by atoms with Gasteiger partial charge in [0.1, 0.15) is 0 Å². The van der Waals surface area contributed by atoms with Crippen molar-refractivity contribution < 1.29 is 9.47 Å². The number of unbranched alkanes of at least 4 members (excludes halogenated alkanes) is 15. The molecule has 0 unspecified atom stereocenters. The zero-order chi connectivity index (χ0) is 17.6. The van der Waals surface area contributed by atoms with E-state index in [0.717, 1.165) is 6.61 Å². The summed E-state index contributed by atoms with van der Waals surface area (Å²) in [6.07, 6.45) is 22.6. The lowest BCUT2D eigenvalue weighted by Crippen LogP contribution is -2.04. The quantitative estimate of drug-likeness (QED) is 0.207. The van der Waals surface area contributed by atoms with Gasteiger partial charge in [-0.25, -0.2) is 0 Å². The van der Waals surface area contributed by atoms with Gasteiger partial charge in [0.05, 0.1) is 13.2 Å². The first-order valence-corrected chi connectivity index (χ1v) is 10.9. The molecular formula is C22H45O2. The Hall–Kier alpha value is -0.0800. The van der Waals surface area contributed by atoms with Crippen LogP contribution in [0.4, 0.5) is 0 Å². The highest BCUT2D eigenvalue weighted by Crippen LogP contribution is 2.13. The number of ether oxygens (including phenoxy) is 2. The Morgan fingerprint density at radius 3 is 1.25 bits per heavy atom. The van der Waals surface area contributed by atoms with Crippen molar-refractivity contribution in [3.05, 3.63) is 6.92 Å². The normalized spacial score (nSPS) is 11.2. The first-order valence-electron chi connectivity index (χ1n) is 10.9. The van der Waals surface area contributed by atoms with Crippen molar-refractivity contribution in [1.82, 2.24) is 0 Å². The molecular weight excluding hydrogens is 296 g/mol. The monoisotopic (exact) mass is 341 g/mol. The van der Waals surface area contributed by atoms with Crippen molar-refractivity contribution in [2.24, 2.45) is 0 Å². The van der Waals surface area contributed by atoms with E-state index in [1.54, 1.807) is 0 Å². The molecule has 0 amide bonds. The fourth-order valence-corrected chi connectivity index (χ4v) is 3.07. The predicted octanol–water partition coefficient (Wildman–Crippen LogP) is 7.12. The van der Waals surface area contributed by atoms with Crippen LogP contribution in [0.2, 0.25) is 0 Å². The largest absolute Gasteiger partial charge is 0.379 e. The highest BCUT2D eigenvalue weighted by Gasteiger charge is 1.95. The van der Waals surface area contributed by atoms with E-state index in [1.807, 2.05) is 0 Å². The van der Waals surface area contributed by atoms with Gasteiger partial charge in [0.15, 0.2) is 0 Å². The van der Waals surface area contributed by atoms with Crippen LogP contribution < -0.4 is 0 Å². The van der Waals surface area contributed by atoms with Gasteiger partial charge in [-0.2, -0.15) is 0 Å². The van der Waals surface area contributed by atoms with Crippen LogP contribution >= 0.6 is 0 Å². The second-order valence-electron chi connectivity index (χ2n) is 7.03. The van der Waals surface area contributed by atoms with Crippen molar-refractivity contribution in [2.45, 2.75) is 110 Å². The SMILES string of the molecule is [CH2]COCCOCCCCCCCCCCCCCCCCCC. The van der Waals surface area contributed by atoms with Crippen LogP contribution in [-0.2, 0) is 9.47 Å². The van der Waals surface area contributed by atoms with Gasteiger partial charge in [0.25, 0.3) is 0 Å². The van der Waals surface area contributed by atoms with Crippen molar-refractivity contribution in [2.75, 3.05) is 26.4 Å². The van der Waals surface area contributed by atoms with E-state index < -0.39 is 0 Å². The Kier molecular flexibility index (Phi) is 22.8. The second-order valence-corrected chi connectivity index (χ2v) is 7.03. The van der Waals surface area contributed by atoms with Crippen LogP contribution in [0.3, 0.4) is 0 Å². The molecule has 24 heavy (non-hydrogen) atoms. The zero-order valence-electron chi connectivity index (χ0n) is 16.7. The van der Waals surface area contributed by atoms with Crippen LogP contribution in [0, 0.1) is 6.92 Å². The first-order chi connectivity index (χ1) is 11.9. The number of rotatable bonds is 21. The first kappa shape index (κ1) is 23.9. The molecule has 0 N–H and O–H groups in total. The van der Waals surface area contributed by atoms with Crippen molar-refractivity contribution in [3.63, 3.8) is 0 Å². The smallest absolute Gasteiger partial charge is 0.0700 e. The molecule has 0 aromatic carbocycles. The molecule has 0 aromatic rings. The van der Waals surface area contributed by atoms with Gasteiger partial charge in [-0.3, -0.25) is 0 Å². The van der Waals surface area contributed by atoms with E-state index in [0.29, 0.717) is 19.8 Å². The van der Waals surface area contributed by atoms with E-state index in [4.69, 9.17) is 9.47 Å². The summed E-state index contributed by atoms with van der Waals surface area (Å²) in [6, 6.07) is 0. The standard InChI is InChI=1S/C22H45O2/c1-3-5-6-7-8-9-10-11-12-13-14-15-16-17-18-19-20-24-22-21-23-4-2/h2-22H2,1H3. The summed E-state index contributed by atoms with van der Waals surface area (Å²) in [4.78, 5) is 0. The Morgan fingerprint density at radius 1 is 0.458 bits per heavy atom. The van der Waals surface area contributed by atoms with Crippen molar-refractivity contribution >= 4 is 0 Å². The van der Waals surface area contributed by atoms with Gasteiger partial charge >= 0.3 is 0 Å². The third-order valence-corrected chi connectivity index (χ3v) is 4.66. The molecule has 0 rings (SSSR count). The molecule has 0 aliphatic heterocycles.